The van der Waals surface area contributed by atoms with Gasteiger partial charge in [-0.3, -0.25) is 4.79 Å². The summed E-state index contributed by atoms with van der Waals surface area (Å²) >= 11 is 0. The van der Waals surface area contributed by atoms with E-state index in [0.717, 1.165) is 18.9 Å². The number of fused-ring (bicyclic) bond motifs is 1. The van der Waals surface area contributed by atoms with Gasteiger partial charge in [-0.05, 0) is 30.7 Å². The summed E-state index contributed by atoms with van der Waals surface area (Å²) in [6.07, 6.45) is 1.52. The lowest BCUT2D eigenvalue weighted by Crippen LogP contribution is -2.28. The number of imidazole rings is 1. The fraction of sp³-hybridized carbons (Fsp3) is 0.381. The van der Waals surface area contributed by atoms with Crippen LogP contribution in [0.5, 0.6) is 0 Å². The molecule has 0 N–H and O–H groups in total. The zero-order chi connectivity index (χ0) is 22.4. The number of carbonyl (C=O) groups is 1. The van der Waals surface area contributed by atoms with E-state index in [0.29, 0.717) is 40.8 Å². The molecule has 32 heavy (non-hydrogen) atoms. The average Bonchev–Trinajstić information content (AvgIpc) is 3.22. The maximum Gasteiger partial charge on any atom is 0.274 e. The second-order valence-electron chi connectivity index (χ2n) is 8.14. The quantitative estimate of drug-likeness (QED) is 0.537. The van der Waals surface area contributed by atoms with Crippen LogP contribution in [-0.2, 0) is 13.6 Å². The lowest BCUT2D eigenvalue weighted by atomic mass is 10.2. The van der Waals surface area contributed by atoms with Crippen LogP contribution in [0.2, 0.25) is 0 Å². The molecule has 1 saturated carbocycles. The molecule has 4 heterocycles. The van der Waals surface area contributed by atoms with E-state index in [1.54, 1.807) is 24.7 Å². The lowest BCUT2D eigenvalue weighted by Gasteiger charge is -2.20. The number of hydrogen-bond donors (Lipinski definition) is 0. The topological polar surface area (TPSA) is 129 Å². The Hall–Kier alpha value is -4.07. The third kappa shape index (κ3) is 3.30. The van der Waals surface area contributed by atoms with E-state index in [1.165, 1.54) is 11.2 Å². The molecule has 1 amide bonds. The monoisotopic (exact) mass is 431 g/mol. The van der Waals surface area contributed by atoms with Crippen molar-refractivity contribution in [1.82, 2.24) is 29.6 Å². The second kappa shape index (κ2) is 7.56. The predicted octanol–water partition coefficient (Wildman–Crippen LogP) is 1.52. The molecule has 3 atom stereocenters. The van der Waals surface area contributed by atoms with Crippen LogP contribution in [0.15, 0.2) is 34.0 Å². The Morgan fingerprint density at radius 2 is 2.16 bits per heavy atom. The number of pyridine rings is 1. The molecule has 11 heteroatoms. The summed E-state index contributed by atoms with van der Waals surface area (Å²) in [6, 6.07) is 7.56. The molecule has 3 aromatic rings. The Bertz CT molecular complexity index is 1230. The van der Waals surface area contributed by atoms with Gasteiger partial charge >= 0.3 is 0 Å². The molecule has 1 saturated heterocycles. The molecule has 2 aliphatic rings. The van der Waals surface area contributed by atoms with Gasteiger partial charge < -0.3 is 18.9 Å². The van der Waals surface area contributed by atoms with E-state index in [1.807, 2.05) is 12.1 Å². The van der Waals surface area contributed by atoms with Crippen LogP contribution >= 0.6 is 0 Å². The maximum atomic E-state index is 12.8. The zero-order valence-electron chi connectivity index (χ0n) is 17.7. The number of piperidine rings is 1. The molecule has 162 valence electrons. The van der Waals surface area contributed by atoms with Crippen LogP contribution in [0.25, 0.3) is 0 Å². The number of nitrogens with zero attached hydrogens (tertiary/aromatic N) is 9. The molecule has 2 fully saturated rings. The molecule has 0 radical (unpaired) electrons. The summed E-state index contributed by atoms with van der Waals surface area (Å²) in [6.45, 7) is 5.34. The maximum absolute atomic E-state index is 12.8. The van der Waals surface area contributed by atoms with Crippen molar-refractivity contribution >= 4 is 24.3 Å². The van der Waals surface area contributed by atoms with Crippen LogP contribution in [0, 0.1) is 23.2 Å². The third-order valence-corrected chi connectivity index (χ3v) is 6.14. The highest BCUT2D eigenvalue weighted by Gasteiger charge is 2.58. The highest BCUT2D eigenvalue weighted by molar-refractivity contribution is 5.96. The van der Waals surface area contributed by atoms with Crippen molar-refractivity contribution in [2.24, 2.45) is 23.9 Å². The predicted molar refractivity (Wildman–Crippen MR) is 113 cm³/mol. The van der Waals surface area contributed by atoms with Crippen LogP contribution in [-0.4, -0.2) is 62.3 Å². The number of amides is 1. The molecule has 5 rings (SSSR count). The second-order valence-corrected chi connectivity index (χ2v) is 8.14. The Morgan fingerprint density at radius 3 is 2.88 bits per heavy atom. The molecule has 1 unspecified atom stereocenters. The first-order chi connectivity index (χ1) is 15.5. The molecule has 3 aromatic heterocycles. The molecule has 0 spiro atoms. The van der Waals surface area contributed by atoms with Crippen molar-refractivity contribution in [3.63, 3.8) is 0 Å². The minimum absolute atomic E-state index is 0.187. The van der Waals surface area contributed by atoms with Crippen molar-refractivity contribution < 1.29 is 9.32 Å². The van der Waals surface area contributed by atoms with Gasteiger partial charge in [-0.25, -0.2) is 15.0 Å². The van der Waals surface area contributed by atoms with Crippen molar-refractivity contribution in [2.75, 3.05) is 25.0 Å². The van der Waals surface area contributed by atoms with Gasteiger partial charge in [-0.1, -0.05) is 11.2 Å². The summed E-state index contributed by atoms with van der Waals surface area (Å²) in [7, 11) is 3.40. The van der Waals surface area contributed by atoms with Crippen molar-refractivity contribution in [3.05, 3.63) is 47.6 Å². The van der Waals surface area contributed by atoms with Crippen molar-refractivity contribution in [3.8, 4) is 6.07 Å². The van der Waals surface area contributed by atoms with Crippen LogP contribution in [0.4, 0.5) is 11.6 Å². The molecule has 0 aromatic carbocycles. The molecule has 0 bridgehead atoms. The number of rotatable bonds is 6. The summed E-state index contributed by atoms with van der Waals surface area (Å²) in [4.78, 5) is 33.3. The Kier molecular flexibility index (Phi) is 4.70. The highest BCUT2D eigenvalue weighted by Crippen LogP contribution is 2.57. The van der Waals surface area contributed by atoms with Gasteiger partial charge in [0, 0.05) is 33.1 Å². The number of aliphatic imine (C=N–C) groups is 1. The Labute approximate surface area is 184 Å². The first-order valence-electron chi connectivity index (χ1n) is 10.2. The lowest BCUT2D eigenvalue weighted by molar-refractivity contribution is 0.0761. The first kappa shape index (κ1) is 19.9. The third-order valence-electron chi connectivity index (χ3n) is 6.14. The fourth-order valence-electron chi connectivity index (χ4n) is 4.46. The first-order valence-corrected chi connectivity index (χ1v) is 10.2. The number of aryl methyl sites for hydroxylation is 1. The minimum atomic E-state index is -0.252. The molecular weight excluding hydrogens is 410 g/mol. The number of anilines is 1. The Balaban J connectivity index is 1.21. The molecule has 1 aliphatic carbocycles. The Morgan fingerprint density at radius 1 is 1.38 bits per heavy atom. The number of aromatic nitrogens is 5. The van der Waals surface area contributed by atoms with Crippen LogP contribution < -0.4 is 4.90 Å². The van der Waals surface area contributed by atoms with E-state index < -0.39 is 0 Å². The zero-order valence-corrected chi connectivity index (χ0v) is 17.7. The van der Waals surface area contributed by atoms with Gasteiger partial charge in [-0.2, -0.15) is 10.2 Å². The summed E-state index contributed by atoms with van der Waals surface area (Å²) in [5.74, 6) is 3.05. The van der Waals surface area contributed by atoms with Gasteiger partial charge in [0.25, 0.3) is 5.91 Å². The molecule has 1 aliphatic heterocycles. The normalized spacial score (nSPS) is 21.2. The molecule has 11 nitrogen and oxygen atoms in total. The number of carbonyl (C=O) groups excluding carboxylic acids is 1. The van der Waals surface area contributed by atoms with Crippen LogP contribution in [0.3, 0.4) is 0 Å². The highest BCUT2D eigenvalue weighted by atomic mass is 16.5. The minimum Gasteiger partial charge on any atom is -0.356 e. The van der Waals surface area contributed by atoms with Crippen molar-refractivity contribution in [2.45, 2.75) is 12.5 Å². The van der Waals surface area contributed by atoms with Gasteiger partial charge in [0.1, 0.15) is 24.1 Å². The standard InChI is InChI=1S/C21H21N9O2/c1-23-20-18(29(3)11-24-20)21(31)28(2)10-16-26-19(27-32-16)17-13-8-30(9-14(13)17)15-6-4-5-12(7-22)25-15/h4-6,11,13-14,17H,1,8-10H2,2-3H3/t13-,14+,17?. The van der Waals surface area contributed by atoms with Gasteiger partial charge in [0.15, 0.2) is 17.3 Å². The van der Waals surface area contributed by atoms with Crippen LogP contribution in [0.1, 0.15) is 33.8 Å². The summed E-state index contributed by atoms with van der Waals surface area (Å²) in [5.41, 5.74) is 0.774. The van der Waals surface area contributed by atoms with E-state index in [-0.39, 0.29) is 18.4 Å². The fourth-order valence-corrected chi connectivity index (χ4v) is 4.46. The summed E-state index contributed by atoms with van der Waals surface area (Å²) in [5, 5.41) is 13.2. The van der Waals surface area contributed by atoms with E-state index in [4.69, 9.17) is 9.78 Å². The average molecular weight is 431 g/mol. The number of nitriles is 1. The van der Waals surface area contributed by atoms with Gasteiger partial charge in [0.05, 0.1) is 6.33 Å². The van der Waals surface area contributed by atoms with Gasteiger partial charge in [-0.15, -0.1) is 0 Å². The van der Waals surface area contributed by atoms with Crippen molar-refractivity contribution in [1.29, 1.82) is 5.26 Å². The van der Waals surface area contributed by atoms with E-state index >= 15 is 0 Å². The SMILES string of the molecule is C=Nc1ncn(C)c1C(=O)N(C)Cc1nc(C2[C@H]3CN(c4cccc(C#N)n4)C[C@@H]23)no1. The van der Waals surface area contributed by atoms with E-state index in [9.17, 15) is 4.79 Å². The summed E-state index contributed by atoms with van der Waals surface area (Å²) < 4.78 is 7.03. The smallest absolute Gasteiger partial charge is 0.274 e. The largest absolute Gasteiger partial charge is 0.356 e. The number of hydrogen-bond acceptors (Lipinski definition) is 9. The molecular formula is C21H21N9O2. The van der Waals surface area contributed by atoms with E-state index in [2.05, 4.69) is 42.8 Å². The van der Waals surface area contributed by atoms with Gasteiger partial charge in [0.2, 0.25) is 5.89 Å².